The number of amides is 1. The summed E-state index contributed by atoms with van der Waals surface area (Å²) in [5.74, 6) is -0.138. The molecule has 162 valence electrons. The van der Waals surface area contributed by atoms with Crippen LogP contribution in [0.1, 0.15) is 54.5 Å². The van der Waals surface area contributed by atoms with Gasteiger partial charge in [-0.1, -0.05) is 54.4 Å². The van der Waals surface area contributed by atoms with Gasteiger partial charge in [0.1, 0.15) is 0 Å². The first-order chi connectivity index (χ1) is 14.2. The highest BCUT2D eigenvalue weighted by molar-refractivity contribution is 7.89. The van der Waals surface area contributed by atoms with Crippen LogP contribution in [0.4, 0.5) is 0 Å². The first kappa shape index (κ1) is 22.5. The number of hydrogen-bond acceptors (Lipinski definition) is 3. The summed E-state index contributed by atoms with van der Waals surface area (Å²) in [4.78, 5) is 13.2. The second-order valence-corrected chi connectivity index (χ2v) is 10.2. The van der Waals surface area contributed by atoms with Gasteiger partial charge in [0.05, 0.1) is 10.9 Å². The third-order valence-corrected chi connectivity index (χ3v) is 8.04. The van der Waals surface area contributed by atoms with Crippen LogP contribution < -0.4 is 5.32 Å². The number of aryl methyl sites for hydroxylation is 3. The number of nitrogens with one attached hydrogen (secondary N) is 1. The van der Waals surface area contributed by atoms with E-state index in [9.17, 15) is 13.2 Å². The summed E-state index contributed by atoms with van der Waals surface area (Å²) >= 11 is 0. The molecule has 0 bridgehead atoms. The maximum atomic E-state index is 13.1. The van der Waals surface area contributed by atoms with Crippen molar-refractivity contribution in [2.75, 3.05) is 13.1 Å². The first-order valence-corrected chi connectivity index (χ1v) is 12.1. The minimum atomic E-state index is -3.53. The monoisotopic (exact) mass is 428 g/mol. The fourth-order valence-corrected chi connectivity index (χ4v) is 5.77. The normalized spacial score (nSPS) is 16.9. The minimum Gasteiger partial charge on any atom is -0.349 e. The highest BCUT2D eigenvalue weighted by Crippen LogP contribution is 2.27. The van der Waals surface area contributed by atoms with Crippen LogP contribution in [-0.2, 0) is 14.8 Å². The van der Waals surface area contributed by atoms with E-state index in [0.717, 1.165) is 23.1 Å². The predicted octanol–water partition coefficient (Wildman–Crippen LogP) is 4.28. The van der Waals surface area contributed by atoms with Crippen LogP contribution >= 0.6 is 0 Å². The molecule has 5 nitrogen and oxygen atoms in total. The molecule has 2 aromatic rings. The lowest BCUT2D eigenvalue weighted by Crippen LogP contribution is -2.43. The molecule has 6 heteroatoms. The van der Waals surface area contributed by atoms with Gasteiger partial charge >= 0.3 is 0 Å². The zero-order chi connectivity index (χ0) is 21.9. The standard InChI is InChI=1S/C24H32N2O3S/c1-5-22(20-9-6-17(2)7-10-20)25-24(27)21-12-14-26(15-13-21)30(28,29)23-11-8-18(3)16-19(23)4/h6-11,16,21-22H,5,12-15H2,1-4H3,(H,25,27). The molecule has 1 fully saturated rings. The minimum absolute atomic E-state index is 0.0185. The molecule has 0 aromatic heterocycles. The molecule has 0 spiro atoms. The van der Waals surface area contributed by atoms with Gasteiger partial charge in [-0.15, -0.1) is 0 Å². The van der Waals surface area contributed by atoms with Crippen molar-refractivity contribution in [1.29, 1.82) is 0 Å². The van der Waals surface area contributed by atoms with E-state index < -0.39 is 10.0 Å². The van der Waals surface area contributed by atoms with Crippen molar-refractivity contribution in [3.05, 3.63) is 64.7 Å². The third-order valence-electron chi connectivity index (χ3n) is 5.98. The van der Waals surface area contributed by atoms with E-state index in [4.69, 9.17) is 0 Å². The molecule has 0 aliphatic carbocycles. The molecule has 30 heavy (non-hydrogen) atoms. The van der Waals surface area contributed by atoms with Gasteiger partial charge in [0.2, 0.25) is 15.9 Å². The van der Waals surface area contributed by atoms with Gasteiger partial charge in [-0.3, -0.25) is 4.79 Å². The molecule has 2 aromatic carbocycles. The van der Waals surface area contributed by atoms with Gasteiger partial charge in [-0.2, -0.15) is 4.31 Å². The van der Waals surface area contributed by atoms with E-state index in [-0.39, 0.29) is 17.9 Å². The van der Waals surface area contributed by atoms with E-state index in [1.807, 2.05) is 32.9 Å². The van der Waals surface area contributed by atoms with Crippen LogP contribution in [0.5, 0.6) is 0 Å². The highest BCUT2D eigenvalue weighted by Gasteiger charge is 2.33. The number of hydrogen-bond donors (Lipinski definition) is 1. The van der Waals surface area contributed by atoms with Gasteiger partial charge in [0.15, 0.2) is 0 Å². The maximum Gasteiger partial charge on any atom is 0.243 e. The molecule has 1 amide bonds. The molecular formula is C24H32N2O3S. The van der Waals surface area contributed by atoms with Crippen LogP contribution in [0.25, 0.3) is 0 Å². The van der Waals surface area contributed by atoms with E-state index in [0.29, 0.717) is 30.8 Å². The lowest BCUT2D eigenvalue weighted by Gasteiger charge is -2.32. The van der Waals surface area contributed by atoms with Gasteiger partial charge in [0, 0.05) is 19.0 Å². The van der Waals surface area contributed by atoms with Crippen LogP contribution in [-0.4, -0.2) is 31.7 Å². The Labute approximate surface area is 180 Å². The largest absolute Gasteiger partial charge is 0.349 e. The van der Waals surface area contributed by atoms with Crippen molar-refractivity contribution >= 4 is 15.9 Å². The Morgan fingerprint density at radius 1 is 1.03 bits per heavy atom. The Bertz CT molecular complexity index is 992. The fourth-order valence-electron chi connectivity index (χ4n) is 4.10. The first-order valence-electron chi connectivity index (χ1n) is 10.7. The molecular weight excluding hydrogens is 396 g/mol. The second-order valence-electron chi connectivity index (χ2n) is 8.33. The molecule has 1 N–H and O–H groups in total. The molecule has 1 aliphatic heterocycles. The molecule has 1 aliphatic rings. The predicted molar refractivity (Wildman–Crippen MR) is 120 cm³/mol. The van der Waals surface area contributed by atoms with E-state index in [1.165, 1.54) is 9.87 Å². The van der Waals surface area contributed by atoms with Crippen LogP contribution in [0, 0.1) is 26.7 Å². The Balaban J connectivity index is 1.63. The van der Waals surface area contributed by atoms with Crippen LogP contribution in [0.15, 0.2) is 47.4 Å². The van der Waals surface area contributed by atoms with Crippen LogP contribution in [0.3, 0.4) is 0 Å². The number of carbonyl (C=O) groups is 1. The quantitative estimate of drug-likeness (QED) is 0.747. The summed E-state index contributed by atoms with van der Waals surface area (Å²) in [5, 5.41) is 3.17. The van der Waals surface area contributed by atoms with E-state index >= 15 is 0 Å². The van der Waals surface area contributed by atoms with E-state index in [1.54, 1.807) is 6.07 Å². The van der Waals surface area contributed by atoms with Gasteiger partial charge in [-0.25, -0.2) is 8.42 Å². The molecule has 0 radical (unpaired) electrons. The number of rotatable bonds is 6. The second kappa shape index (κ2) is 9.31. The summed E-state index contributed by atoms with van der Waals surface area (Å²) in [6, 6.07) is 13.6. The van der Waals surface area contributed by atoms with Crippen molar-refractivity contribution < 1.29 is 13.2 Å². The molecule has 1 saturated heterocycles. The lowest BCUT2D eigenvalue weighted by atomic mass is 9.95. The maximum absolute atomic E-state index is 13.1. The number of sulfonamides is 1. The average molecular weight is 429 g/mol. The zero-order valence-electron chi connectivity index (χ0n) is 18.3. The highest BCUT2D eigenvalue weighted by atomic mass is 32.2. The zero-order valence-corrected chi connectivity index (χ0v) is 19.1. The van der Waals surface area contributed by atoms with Gasteiger partial charge in [-0.05, 0) is 57.2 Å². The number of benzene rings is 2. The smallest absolute Gasteiger partial charge is 0.243 e. The van der Waals surface area contributed by atoms with Crippen molar-refractivity contribution in [1.82, 2.24) is 9.62 Å². The Hall–Kier alpha value is -2.18. The Morgan fingerprint density at radius 3 is 2.20 bits per heavy atom. The summed E-state index contributed by atoms with van der Waals surface area (Å²) in [6.45, 7) is 8.63. The molecule has 3 rings (SSSR count). The summed E-state index contributed by atoms with van der Waals surface area (Å²) < 4.78 is 27.6. The summed E-state index contributed by atoms with van der Waals surface area (Å²) in [7, 11) is -3.53. The van der Waals surface area contributed by atoms with Crippen molar-refractivity contribution in [2.45, 2.75) is 57.9 Å². The number of piperidine rings is 1. The number of nitrogens with zero attached hydrogens (tertiary/aromatic N) is 1. The Kier molecular flexibility index (Phi) is 6.98. The van der Waals surface area contributed by atoms with E-state index in [2.05, 4.69) is 36.5 Å². The van der Waals surface area contributed by atoms with Crippen molar-refractivity contribution in [3.63, 3.8) is 0 Å². The van der Waals surface area contributed by atoms with Crippen LogP contribution in [0.2, 0.25) is 0 Å². The molecule has 1 unspecified atom stereocenters. The third kappa shape index (κ3) is 4.93. The average Bonchev–Trinajstić information content (AvgIpc) is 2.72. The Morgan fingerprint density at radius 2 is 1.63 bits per heavy atom. The van der Waals surface area contributed by atoms with Gasteiger partial charge < -0.3 is 5.32 Å². The van der Waals surface area contributed by atoms with Crippen molar-refractivity contribution in [3.8, 4) is 0 Å². The fraction of sp³-hybridized carbons (Fsp3) is 0.458. The topological polar surface area (TPSA) is 66.5 Å². The summed E-state index contributed by atoms with van der Waals surface area (Å²) in [6.07, 6.45) is 1.90. The number of carbonyl (C=O) groups excluding carboxylic acids is 1. The van der Waals surface area contributed by atoms with Gasteiger partial charge in [0.25, 0.3) is 0 Å². The molecule has 1 heterocycles. The van der Waals surface area contributed by atoms with Crippen molar-refractivity contribution in [2.24, 2.45) is 5.92 Å². The lowest BCUT2D eigenvalue weighted by molar-refractivity contribution is -0.126. The molecule has 0 saturated carbocycles. The SMILES string of the molecule is CCC(NC(=O)C1CCN(S(=O)(=O)c2ccc(C)cc2C)CC1)c1ccc(C)cc1. The molecule has 1 atom stereocenters. The summed E-state index contributed by atoms with van der Waals surface area (Å²) in [5.41, 5.74) is 4.10.